The van der Waals surface area contributed by atoms with E-state index in [1.54, 1.807) is 41.9 Å². The topological polar surface area (TPSA) is 130 Å². The van der Waals surface area contributed by atoms with E-state index in [2.05, 4.69) is 15.4 Å². The van der Waals surface area contributed by atoms with Crippen molar-refractivity contribution in [1.29, 1.82) is 0 Å². The normalized spacial score (nSPS) is 10.4. The molecule has 0 atom stereocenters. The lowest BCUT2D eigenvalue weighted by molar-refractivity contribution is 0.0693. The first kappa shape index (κ1) is 16.3. The molecule has 0 spiro atoms. The van der Waals surface area contributed by atoms with Gasteiger partial charge in [0.2, 0.25) is 5.82 Å². The molecule has 2 aromatic carbocycles. The second kappa shape index (κ2) is 6.89. The second-order valence-corrected chi connectivity index (χ2v) is 5.17. The number of amides is 1. The molecule has 0 aliphatic carbocycles. The van der Waals surface area contributed by atoms with Crippen molar-refractivity contribution in [3.8, 4) is 11.4 Å². The molecule has 1 amide bonds. The minimum Gasteiger partial charge on any atom is -0.478 e. The van der Waals surface area contributed by atoms with Crippen LogP contribution in [0.15, 0.2) is 48.5 Å². The van der Waals surface area contributed by atoms with E-state index in [9.17, 15) is 9.59 Å². The van der Waals surface area contributed by atoms with E-state index >= 15 is 0 Å². The number of hydrogen-bond acceptors (Lipinski definition) is 6. The van der Waals surface area contributed by atoms with Gasteiger partial charge in [-0.25, -0.2) is 10.3 Å². The Kier molecular flexibility index (Phi) is 4.48. The quantitative estimate of drug-likeness (QED) is 0.470. The van der Waals surface area contributed by atoms with E-state index in [0.29, 0.717) is 23.5 Å². The van der Waals surface area contributed by atoms with Crippen molar-refractivity contribution < 1.29 is 19.9 Å². The number of carboxylic acids is 1. The molecule has 9 heteroatoms. The third-order valence-corrected chi connectivity index (χ3v) is 3.46. The van der Waals surface area contributed by atoms with E-state index in [1.807, 2.05) is 0 Å². The fourth-order valence-corrected chi connectivity index (χ4v) is 2.21. The summed E-state index contributed by atoms with van der Waals surface area (Å²) in [5.74, 6) is -1.30. The van der Waals surface area contributed by atoms with Crippen LogP contribution in [0.3, 0.4) is 0 Å². The van der Waals surface area contributed by atoms with Gasteiger partial charge in [0.1, 0.15) is 0 Å². The van der Waals surface area contributed by atoms with Crippen molar-refractivity contribution in [2.75, 3.05) is 0 Å². The molecule has 0 fully saturated rings. The summed E-state index contributed by atoms with van der Waals surface area (Å²) in [6.07, 6.45) is 0. The van der Waals surface area contributed by atoms with E-state index in [1.165, 1.54) is 16.9 Å². The van der Waals surface area contributed by atoms with Gasteiger partial charge in [0.15, 0.2) is 0 Å². The number of aromatic carboxylic acids is 1. The Morgan fingerprint density at radius 2 is 1.84 bits per heavy atom. The summed E-state index contributed by atoms with van der Waals surface area (Å²) in [5, 5.41) is 29.7. The molecular formula is C16H13N5O4. The fourth-order valence-electron chi connectivity index (χ4n) is 2.21. The largest absolute Gasteiger partial charge is 0.478 e. The van der Waals surface area contributed by atoms with Crippen LogP contribution in [-0.4, -0.2) is 42.4 Å². The first-order chi connectivity index (χ1) is 12.1. The number of nitrogens with zero attached hydrogens (tertiary/aromatic N) is 4. The minimum atomic E-state index is -1.03. The van der Waals surface area contributed by atoms with Gasteiger partial charge in [0, 0.05) is 11.1 Å². The lowest BCUT2D eigenvalue weighted by Crippen LogP contribution is -2.18. The van der Waals surface area contributed by atoms with Gasteiger partial charge in [-0.05, 0) is 35.0 Å². The summed E-state index contributed by atoms with van der Waals surface area (Å²) in [6.45, 7) is 0.326. The summed E-state index contributed by atoms with van der Waals surface area (Å²) in [7, 11) is 0. The zero-order chi connectivity index (χ0) is 17.8. The van der Waals surface area contributed by atoms with Crippen LogP contribution in [0.2, 0.25) is 0 Å². The molecule has 0 aliphatic heterocycles. The highest BCUT2D eigenvalue weighted by Gasteiger charge is 2.10. The van der Waals surface area contributed by atoms with Crippen LogP contribution in [-0.2, 0) is 6.54 Å². The maximum absolute atomic E-state index is 11.3. The summed E-state index contributed by atoms with van der Waals surface area (Å²) in [4.78, 5) is 23.7. The van der Waals surface area contributed by atoms with Crippen molar-refractivity contribution in [2.24, 2.45) is 0 Å². The van der Waals surface area contributed by atoms with Gasteiger partial charge in [0.05, 0.1) is 12.1 Å². The molecule has 3 N–H and O–H groups in total. The molecule has 0 saturated carbocycles. The first-order valence-corrected chi connectivity index (χ1v) is 7.22. The zero-order valence-corrected chi connectivity index (χ0v) is 12.8. The van der Waals surface area contributed by atoms with E-state index in [4.69, 9.17) is 10.3 Å². The molecule has 1 heterocycles. The number of carbonyl (C=O) groups excluding carboxylic acids is 1. The van der Waals surface area contributed by atoms with Crippen LogP contribution in [0.25, 0.3) is 11.4 Å². The number of hydroxylamine groups is 1. The number of rotatable bonds is 5. The molecular weight excluding hydrogens is 326 g/mol. The fraction of sp³-hybridized carbons (Fsp3) is 0.0625. The number of benzene rings is 2. The zero-order valence-electron chi connectivity index (χ0n) is 12.8. The first-order valence-electron chi connectivity index (χ1n) is 7.22. The van der Waals surface area contributed by atoms with Gasteiger partial charge >= 0.3 is 5.97 Å². The Balaban J connectivity index is 1.77. The highest BCUT2D eigenvalue weighted by molar-refractivity contribution is 5.93. The predicted molar refractivity (Wildman–Crippen MR) is 85.0 cm³/mol. The predicted octanol–water partition coefficient (Wildman–Crippen LogP) is 1.21. The number of tetrazole rings is 1. The highest BCUT2D eigenvalue weighted by Crippen LogP contribution is 2.16. The van der Waals surface area contributed by atoms with Crippen LogP contribution in [0.5, 0.6) is 0 Å². The molecule has 0 aliphatic rings. The van der Waals surface area contributed by atoms with Crippen LogP contribution in [0, 0.1) is 0 Å². The smallest absolute Gasteiger partial charge is 0.335 e. The third kappa shape index (κ3) is 3.67. The van der Waals surface area contributed by atoms with Crippen LogP contribution < -0.4 is 5.48 Å². The lowest BCUT2D eigenvalue weighted by atomic mass is 10.1. The van der Waals surface area contributed by atoms with Crippen LogP contribution in [0.4, 0.5) is 0 Å². The second-order valence-electron chi connectivity index (χ2n) is 5.17. The standard InChI is InChI=1S/C16H13N5O4/c22-15(19-25)11-6-4-10(5-7-11)9-21-18-14(17-20-21)12-2-1-3-13(8-12)16(23)24/h1-8,25H,9H2,(H,19,22)(H,23,24). The van der Waals surface area contributed by atoms with Gasteiger partial charge in [0.25, 0.3) is 5.91 Å². The Labute approximate surface area is 141 Å². The van der Waals surface area contributed by atoms with Crippen molar-refractivity contribution in [2.45, 2.75) is 6.54 Å². The molecule has 3 rings (SSSR count). The molecule has 0 unspecified atom stereocenters. The molecule has 1 aromatic heterocycles. The number of carboxylic acid groups (broad SMARTS) is 1. The van der Waals surface area contributed by atoms with Gasteiger partial charge in [-0.3, -0.25) is 10.0 Å². The Bertz CT molecular complexity index is 920. The van der Waals surface area contributed by atoms with Crippen molar-refractivity contribution in [1.82, 2.24) is 25.7 Å². The lowest BCUT2D eigenvalue weighted by Gasteiger charge is -2.02. The SMILES string of the molecule is O=C(O)c1cccc(-c2nnn(Cc3ccc(C(=O)NO)cc3)n2)c1. The summed E-state index contributed by atoms with van der Waals surface area (Å²) >= 11 is 0. The van der Waals surface area contributed by atoms with E-state index < -0.39 is 11.9 Å². The summed E-state index contributed by atoms with van der Waals surface area (Å²) in [6, 6.07) is 12.8. The average Bonchev–Trinajstić information content (AvgIpc) is 3.10. The molecule has 0 bridgehead atoms. The number of hydrogen-bond donors (Lipinski definition) is 3. The molecule has 0 saturated heterocycles. The van der Waals surface area contributed by atoms with E-state index in [-0.39, 0.29) is 5.56 Å². The maximum atomic E-state index is 11.3. The van der Waals surface area contributed by atoms with Crippen molar-refractivity contribution >= 4 is 11.9 Å². The number of aromatic nitrogens is 4. The molecule has 3 aromatic rings. The Morgan fingerprint density at radius 1 is 1.08 bits per heavy atom. The Hall–Kier alpha value is -3.59. The number of carbonyl (C=O) groups is 2. The van der Waals surface area contributed by atoms with Crippen LogP contribution in [0.1, 0.15) is 26.3 Å². The third-order valence-electron chi connectivity index (χ3n) is 3.46. The molecule has 0 radical (unpaired) electrons. The molecule has 9 nitrogen and oxygen atoms in total. The molecule has 25 heavy (non-hydrogen) atoms. The highest BCUT2D eigenvalue weighted by atomic mass is 16.5. The Morgan fingerprint density at radius 3 is 2.52 bits per heavy atom. The van der Waals surface area contributed by atoms with Gasteiger partial charge in [-0.1, -0.05) is 24.3 Å². The van der Waals surface area contributed by atoms with Gasteiger partial charge in [-0.2, -0.15) is 4.80 Å². The van der Waals surface area contributed by atoms with Crippen molar-refractivity contribution in [3.63, 3.8) is 0 Å². The summed E-state index contributed by atoms with van der Waals surface area (Å²) in [5.41, 5.74) is 3.42. The number of nitrogens with one attached hydrogen (secondary N) is 1. The summed E-state index contributed by atoms with van der Waals surface area (Å²) < 4.78 is 0. The average molecular weight is 339 g/mol. The maximum Gasteiger partial charge on any atom is 0.335 e. The van der Waals surface area contributed by atoms with E-state index in [0.717, 1.165) is 5.56 Å². The van der Waals surface area contributed by atoms with Gasteiger partial charge in [-0.15, -0.1) is 10.2 Å². The van der Waals surface area contributed by atoms with Gasteiger partial charge < -0.3 is 5.11 Å². The van der Waals surface area contributed by atoms with Crippen molar-refractivity contribution in [3.05, 3.63) is 65.2 Å². The minimum absolute atomic E-state index is 0.145. The monoisotopic (exact) mass is 339 g/mol. The molecule has 126 valence electrons. The van der Waals surface area contributed by atoms with Crippen LogP contribution >= 0.6 is 0 Å².